The molecule has 0 amide bonds. The Morgan fingerprint density at radius 2 is 1.80 bits per heavy atom. The van der Waals surface area contributed by atoms with Crippen molar-refractivity contribution in [1.29, 1.82) is 0 Å². The smallest absolute Gasteiger partial charge is 0.0323 e. The van der Waals surface area contributed by atoms with Gasteiger partial charge < -0.3 is 5.73 Å². The van der Waals surface area contributed by atoms with Crippen LogP contribution >= 0.6 is 0 Å². The second-order valence-electron chi connectivity index (χ2n) is 7.60. The first kappa shape index (κ1) is 15.6. The van der Waals surface area contributed by atoms with Crippen LogP contribution in [0.2, 0.25) is 0 Å². The second-order valence-corrected chi connectivity index (χ2v) is 7.60. The van der Waals surface area contributed by atoms with Crippen molar-refractivity contribution in [2.24, 2.45) is 17.6 Å². The zero-order valence-electron chi connectivity index (χ0n) is 13.7. The van der Waals surface area contributed by atoms with Crippen molar-refractivity contribution in [3.8, 4) is 0 Å². The van der Waals surface area contributed by atoms with Gasteiger partial charge in [0.25, 0.3) is 0 Å². The van der Waals surface area contributed by atoms with Gasteiger partial charge in [0.1, 0.15) is 0 Å². The summed E-state index contributed by atoms with van der Waals surface area (Å²) >= 11 is 0. The van der Waals surface area contributed by atoms with Crippen LogP contribution in [0, 0.1) is 11.8 Å². The van der Waals surface area contributed by atoms with E-state index >= 15 is 0 Å². The zero-order valence-corrected chi connectivity index (χ0v) is 13.7. The Kier molecular flexibility index (Phi) is 4.90. The maximum atomic E-state index is 6.55. The van der Waals surface area contributed by atoms with Crippen molar-refractivity contribution in [2.45, 2.75) is 71.3 Å². The molecule has 0 radical (unpaired) electrons. The summed E-state index contributed by atoms with van der Waals surface area (Å²) in [6.07, 6.45) is 6.70. The summed E-state index contributed by atoms with van der Waals surface area (Å²) in [6, 6.07) is 9.24. The van der Waals surface area contributed by atoms with Gasteiger partial charge in [0, 0.05) is 6.04 Å². The van der Waals surface area contributed by atoms with Crippen molar-refractivity contribution in [2.75, 3.05) is 0 Å². The molecule has 2 rings (SSSR count). The summed E-state index contributed by atoms with van der Waals surface area (Å²) in [4.78, 5) is 0. The number of hydrogen-bond donors (Lipinski definition) is 1. The molecule has 0 bridgehead atoms. The Labute approximate surface area is 125 Å². The standard InChI is InChI=1S/C19H31N/c1-5-14-7-6-8-16(13-14)18(20)15-9-11-17(12-10-15)19(2,3)4/h9-12,14,16,18H,5-8,13,20H2,1-4H3. The molecule has 0 heterocycles. The minimum Gasteiger partial charge on any atom is -0.324 e. The predicted octanol–water partition coefficient (Wildman–Crippen LogP) is 5.20. The molecule has 1 aliphatic rings. The molecule has 0 spiro atoms. The van der Waals surface area contributed by atoms with Gasteiger partial charge in [-0.15, -0.1) is 0 Å². The first-order chi connectivity index (χ1) is 9.41. The topological polar surface area (TPSA) is 26.0 Å². The molecule has 1 nitrogen and oxygen atoms in total. The first-order valence-electron chi connectivity index (χ1n) is 8.28. The third-order valence-corrected chi connectivity index (χ3v) is 5.07. The lowest BCUT2D eigenvalue weighted by Crippen LogP contribution is -2.27. The summed E-state index contributed by atoms with van der Waals surface area (Å²) in [5.74, 6) is 1.57. The third-order valence-electron chi connectivity index (χ3n) is 5.07. The fraction of sp³-hybridized carbons (Fsp3) is 0.684. The lowest BCUT2D eigenvalue weighted by atomic mass is 9.75. The van der Waals surface area contributed by atoms with Crippen LogP contribution in [0.15, 0.2) is 24.3 Å². The van der Waals surface area contributed by atoms with E-state index in [1.165, 1.54) is 43.2 Å². The number of benzene rings is 1. The lowest BCUT2D eigenvalue weighted by molar-refractivity contribution is 0.230. The predicted molar refractivity (Wildman–Crippen MR) is 87.8 cm³/mol. The monoisotopic (exact) mass is 273 g/mol. The third kappa shape index (κ3) is 3.63. The Morgan fingerprint density at radius 1 is 1.15 bits per heavy atom. The molecule has 1 saturated carbocycles. The van der Waals surface area contributed by atoms with Crippen molar-refractivity contribution < 1.29 is 0 Å². The van der Waals surface area contributed by atoms with Crippen LogP contribution in [-0.2, 0) is 5.41 Å². The molecule has 112 valence electrons. The molecule has 1 heteroatoms. The van der Waals surface area contributed by atoms with Crippen LogP contribution in [0.3, 0.4) is 0 Å². The van der Waals surface area contributed by atoms with Gasteiger partial charge >= 0.3 is 0 Å². The highest BCUT2D eigenvalue weighted by molar-refractivity contribution is 5.29. The van der Waals surface area contributed by atoms with E-state index in [1.807, 2.05) is 0 Å². The van der Waals surface area contributed by atoms with Gasteiger partial charge in [0.15, 0.2) is 0 Å². The molecule has 0 aromatic heterocycles. The second kappa shape index (κ2) is 6.30. The van der Waals surface area contributed by atoms with E-state index in [0.717, 1.165) is 5.92 Å². The highest BCUT2D eigenvalue weighted by atomic mass is 14.7. The molecule has 1 aromatic carbocycles. The van der Waals surface area contributed by atoms with Crippen LogP contribution in [-0.4, -0.2) is 0 Å². The Bertz CT molecular complexity index is 412. The average molecular weight is 273 g/mol. The summed E-state index contributed by atoms with van der Waals surface area (Å²) < 4.78 is 0. The number of hydrogen-bond acceptors (Lipinski definition) is 1. The van der Waals surface area contributed by atoms with E-state index in [4.69, 9.17) is 5.73 Å². The van der Waals surface area contributed by atoms with E-state index in [0.29, 0.717) is 5.92 Å². The van der Waals surface area contributed by atoms with Crippen LogP contribution in [0.25, 0.3) is 0 Å². The molecule has 3 atom stereocenters. The Morgan fingerprint density at radius 3 is 2.35 bits per heavy atom. The molecule has 0 saturated heterocycles. The van der Waals surface area contributed by atoms with Gasteiger partial charge in [-0.25, -0.2) is 0 Å². The summed E-state index contributed by atoms with van der Waals surface area (Å²) in [7, 11) is 0. The van der Waals surface area contributed by atoms with Gasteiger partial charge in [-0.05, 0) is 41.2 Å². The van der Waals surface area contributed by atoms with Crippen LogP contribution in [0.4, 0.5) is 0 Å². The van der Waals surface area contributed by atoms with E-state index in [2.05, 4.69) is 52.0 Å². The normalized spacial score (nSPS) is 25.4. The lowest BCUT2D eigenvalue weighted by Gasteiger charge is -2.33. The minimum atomic E-state index is 0.221. The number of rotatable bonds is 3. The van der Waals surface area contributed by atoms with Gasteiger partial charge in [-0.2, -0.15) is 0 Å². The van der Waals surface area contributed by atoms with E-state index in [9.17, 15) is 0 Å². The summed E-state index contributed by atoms with van der Waals surface area (Å²) in [5.41, 5.74) is 9.48. The SMILES string of the molecule is CCC1CCCC(C(N)c2ccc(C(C)(C)C)cc2)C1. The van der Waals surface area contributed by atoms with Crippen LogP contribution in [0.5, 0.6) is 0 Å². The van der Waals surface area contributed by atoms with Gasteiger partial charge in [0.2, 0.25) is 0 Å². The molecule has 20 heavy (non-hydrogen) atoms. The minimum absolute atomic E-state index is 0.221. The van der Waals surface area contributed by atoms with E-state index in [1.54, 1.807) is 0 Å². The quantitative estimate of drug-likeness (QED) is 0.804. The van der Waals surface area contributed by atoms with Crippen molar-refractivity contribution in [1.82, 2.24) is 0 Å². The molecule has 0 aliphatic heterocycles. The van der Waals surface area contributed by atoms with E-state index < -0.39 is 0 Å². The van der Waals surface area contributed by atoms with E-state index in [-0.39, 0.29) is 11.5 Å². The summed E-state index contributed by atoms with van der Waals surface area (Å²) in [6.45, 7) is 9.09. The van der Waals surface area contributed by atoms with Gasteiger partial charge in [-0.3, -0.25) is 0 Å². The fourth-order valence-corrected chi connectivity index (χ4v) is 3.51. The fourth-order valence-electron chi connectivity index (χ4n) is 3.51. The molecular weight excluding hydrogens is 242 g/mol. The van der Waals surface area contributed by atoms with Crippen LogP contribution in [0.1, 0.15) is 77.0 Å². The average Bonchev–Trinajstić information content (AvgIpc) is 2.46. The van der Waals surface area contributed by atoms with Gasteiger partial charge in [0.05, 0.1) is 0 Å². The molecule has 3 unspecified atom stereocenters. The maximum Gasteiger partial charge on any atom is 0.0323 e. The highest BCUT2D eigenvalue weighted by Crippen LogP contribution is 2.37. The molecule has 2 N–H and O–H groups in total. The summed E-state index contributed by atoms with van der Waals surface area (Å²) in [5, 5.41) is 0. The van der Waals surface area contributed by atoms with Crippen molar-refractivity contribution >= 4 is 0 Å². The largest absolute Gasteiger partial charge is 0.324 e. The van der Waals surface area contributed by atoms with Crippen LogP contribution < -0.4 is 5.73 Å². The van der Waals surface area contributed by atoms with Crippen molar-refractivity contribution in [3.05, 3.63) is 35.4 Å². The molecule has 1 aromatic rings. The Hall–Kier alpha value is -0.820. The molecular formula is C19H31N. The maximum absolute atomic E-state index is 6.55. The first-order valence-corrected chi connectivity index (χ1v) is 8.28. The Balaban J connectivity index is 2.07. The highest BCUT2D eigenvalue weighted by Gasteiger charge is 2.26. The zero-order chi connectivity index (χ0) is 14.8. The molecule has 1 aliphatic carbocycles. The van der Waals surface area contributed by atoms with Gasteiger partial charge in [-0.1, -0.05) is 71.2 Å². The molecule has 1 fully saturated rings. The number of nitrogens with two attached hydrogens (primary N) is 1. The van der Waals surface area contributed by atoms with Crippen molar-refractivity contribution in [3.63, 3.8) is 0 Å².